The molecule has 0 bridgehead atoms. The molecular formula is C26H25N3O3. The van der Waals surface area contributed by atoms with Crippen LogP contribution in [0.25, 0.3) is 0 Å². The van der Waals surface area contributed by atoms with Crippen LogP contribution in [0, 0.1) is 13.8 Å². The predicted molar refractivity (Wildman–Crippen MR) is 124 cm³/mol. The van der Waals surface area contributed by atoms with Gasteiger partial charge in [-0.25, -0.2) is 0 Å². The highest BCUT2D eigenvalue weighted by molar-refractivity contribution is 6.10. The van der Waals surface area contributed by atoms with Crippen LogP contribution in [0.2, 0.25) is 0 Å². The summed E-state index contributed by atoms with van der Waals surface area (Å²) in [6.45, 7) is 3.94. The molecule has 0 unspecified atom stereocenters. The van der Waals surface area contributed by atoms with Crippen molar-refractivity contribution in [1.29, 1.82) is 0 Å². The summed E-state index contributed by atoms with van der Waals surface area (Å²) < 4.78 is 0. The number of rotatable bonds is 6. The quantitative estimate of drug-likeness (QED) is 0.559. The summed E-state index contributed by atoms with van der Waals surface area (Å²) in [5.74, 6) is -1.12. The third-order valence-corrected chi connectivity index (χ3v) is 5.62. The first kappa shape index (κ1) is 21.3. The molecule has 0 saturated carbocycles. The van der Waals surface area contributed by atoms with Gasteiger partial charge in [-0.3, -0.25) is 14.4 Å². The third-order valence-electron chi connectivity index (χ3n) is 5.62. The Bertz CT molecular complexity index is 1110. The molecule has 0 radical (unpaired) electrons. The average molecular weight is 428 g/mol. The van der Waals surface area contributed by atoms with Crippen molar-refractivity contribution in [2.45, 2.75) is 32.2 Å². The van der Waals surface area contributed by atoms with Crippen molar-refractivity contribution in [3.63, 3.8) is 0 Å². The fourth-order valence-electron chi connectivity index (χ4n) is 3.92. The van der Waals surface area contributed by atoms with E-state index in [0.29, 0.717) is 16.9 Å². The van der Waals surface area contributed by atoms with Gasteiger partial charge in [0.15, 0.2) is 5.54 Å². The van der Waals surface area contributed by atoms with E-state index in [0.717, 1.165) is 16.7 Å². The molecule has 0 spiro atoms. The minimum absolute atomic E-state index is 0.108. The molecule has 0 aliphatic carbocycles. The van der Waals surface area contributed by atoms with Crippen LogP contribution in [0.5, 0.6) is 0 Å². The van der Waals surface area contributed by atoms with Crippen LogP contribution in [0.4, 0.5) is 11.4 Å². The maximum atomic E-state index is 13.1. The van der Waals surface area contributed by atoms with Gasteiger partial charge in [0.1, 0.15) is 0 Å². The molecule has 6 heteroatoms. The fraction of sp³-hybridized carbons (Fsp3) is 0.192. The van der Waals surface area contributed by atoms with Gasteiger partial charge in [0, 0.05) is 16.9 Å². The summed E-state index contributed by atoms with van der Waals surface area (Å²) in [5, 5.41) is 8.51. The molecule has 32 heavy (non-hydrogen) atoms. The van der Waals surface area contributed by atoms with E-state index in [9.17, 15) is 14.4 Å². The molecule has 3 aromatic rings. The second-order valence-corrected chi connectivity index (χ2v) is 8.21. The Kier molecular flexibility index (Phi) is 5.77. The van der Waals surface area contributed by atoms with Gasteiger partial charge < -0.3 is 16.0 Å². The number of anilines is 2. The molecule has 3 amide bonds. The standard InChI is InChI=1S/C26H25N3O3/c1-17-7-11-19(12-8-17)15-23(30)29-26(21-5-3-4-6-22(21)28-25(26)32)16-24(31)27-20-13-9-18(2)10-14-20/h3-14H,15-16H2,1-2H3,(H,27,31)(H,28,32)(H,29,30)/t26-/m0/s1. The zero-order valence-electron chi connectivity index (χ0n) is 18.1. The summed E-state index contributed by atoms with van der Waals surface area (Å²) >= 11 is 0. The lowest BCUT2D eigenvalue weighted by atomic mass is 9.87. The number of hydrogen-bond donors (Lipinski definition) is 3. The highest BCUT2D eigenvalue weighted by Crippen LogP contribution is 2.38. The Morgan fingerprint density at radius 1 is 0.844 bits per heavy atom. The molecule has 3 N–H and O–H groups in total. The number of amides is 3. The lowest BCUT2D eigenvalue weighted by molar-refractivity contribution is -0.132. The Morgan fingerprint density at radius 3 is 2.16 bits per heavy atom. The van der Waals surface area contributed by atoms with Crippen molar-refractivity contribution < 1.29 is 14.4 Å². The number of aryl methyl sites for hydroxylation is 2. The van der Waals surface area contributed by atoms with Gasteiger partial charge >= 0.3 is 0 Å². The van der Waals surface area contributed by atoms with Crippen LogP contribution in [-0.2, 0) is 26.3 Å². The molecule has 1 aliphatic rings. The zero-order valence-corrected chi connectivity index (χ0v) is 18.1. The molecule has 1 aliphatic heterocycles. The molecule has 6 nitrogen and oxygen atoms in total. The number of carbonyl (C=O) groups is 3. The Balaban J connectivity index is 1.59. The molecule has 1 heterocycles. The lowest BCUT2D eigenvalue weighted by Gasteiger charge is -2.28. The molecule has 1 atom stereocenters. The predicted octanol–water partition coefficient (Wildman–Crippen LogP) is 3.84. The van der Waals surface area contributed by atoms with Gasteiger partial charge in [0.25, 0.3) is 5.91 Å². The Labute approximate surface area is 187 Å². The van der Waals surface area contributed by atoms with Crippen molar-refractivity contribution in [3.05, 3.63) is 95.1 Å². The number of nitrogens with one attached hydrogen (secondary N) is 3. The molecule has 3 aromatic carbocycles. The SMILES string of the molecule is Cc1ccc(CC(=O)N[C@]2(CC(=O)Nc3ccc(C)cc3)C(=O)Nc3ccccc32)cc1. The number of benzene rings is 3. The van der Waals surface area contributed by atoms with Crippen LogP contribution in [-0.4, -0.2) is 17.7 Å². The maximum absolute atomic E-state index is 13.1. The highest BCUT2D eigenvalue weighted by atomic mass is 16.2. The van der Waals surface area contributed by atoms with Gasteiger partial charge in [-0.15, -0.1) is 0 Å². The smallest absolute Gasteiger partial charge is 0.255 e. The van der Waals surface area contributed by atoms with Crippen LogP contribution < -0.4 is 16.0 Å². The van der Waals surface area contributed by atoms with Crippen molar-refractivity contribution in [1.82, 2.24) is 5.32 Å². The number of hydrogen-bond acceptors (Lipinski definition) is 3. The average Bonchev–Trinajstić information content (AvgIpc) is 3.02. The van der Waals surface area contributed by atoms with E-state index in [1.54, 1.807) is 36.4 Å². The molecule has 0 saturated heterocycles. The monoisotopic (exact) mass is 427 g/mol. The molecule has 162 valence electrons. The van der Waals surface area contributed by atoms with E-state index in [2.05, 4.69) is 16.0 Å². The van der Waals surface area contributed by atoms with Crippen LogP contribution in [0.1, 0.15) is 28.7 Å². The summed E-state index contributed by atoms with van der Waals surface area (Å²) in [6, 6.07) is 22.2. The van der Waals surface area contributed by atoms with Gasteiger partial charge in [-0.05, 0) is 37.6 Å². The van der Waals surface area contributed by atoms with Crippen LogP contribution in [0.15, 0.2) is 72.8 Å². The fourth-order valence-corrected chi connectivity index (χ4v) is 3.92. The normalized spacial score (nSPS) is 16.8. The van der Waals surface area contributed by atoms with Gasteiger partial charge in [-0.2, -0.15) is 0 Å². The zero-order chi connectivity index (χ0) is 22.7. The molecule has 0 aromatic heterocycles. The van der Waals surface area contributed by atoms with Gasteiger partial charge in [0.05, 0.1) is 12.8 Å². The topological polar surface area (TPSA) is 87.3 Å². The van der Waals surface area contributed by atoms with E-state index in [1.807, 2.05) is 50.2 Å². The molecular weight excluding hydrogens is 402 g/mol. The number of fused-ring (bicyclic) bond motifs is 1. The molecule has 0 fully saturated rings. The van der Waals surface area contributed by atoms with E-state index in [1.165, 1.54) is 0 Å². The number of carbonyl (C=O) groups excluding carboxylic acids is 3. The van der Waals surface area contributed by atoms with Gasteiger partial charge in [0.2, 0.25) is 11.8 Å². The first-order valence-corrected chi connectivity index (χ1v) is 10.5. The summed E-state index contributed by atoms with van der Waals surface area (Å²) in [5.41, 5.74) is 3.34. The summed E-state index contributed by atoms with van der Waals surface area (Å²) in [6.07, 6.45) is -0.111. The van der Waals surface area contributed by atoms with E-state index in [4.69, 9.17) is 0 Å². The second kappa shape index (κ2) is 8.67. The van der Waals surface area contributed by atoms with E-state index >= 15 is 0 Å². The Morgan fingerprint density at radius 2 is 1.47 bits per heavy atom. The van der Waals surface area contributed by atoms with Crippen molar-refractivity contribution in [2.75, 3.05) is 10.6 Å². The van der Waals surface area contributed by atoms with Crippen LogP contribution >= 0.6 is 0 Å². The first-order chi connectivity index (χ1) is 15.4. The van der Waals surface area contributed by atoms with E-state index in [-0.39, 0.29) is 24.7 Å². The summed E-state index contributed by atoms with van der Waals surface area (Å²) in [7, 11) is 0. The Hall–Kier alpha value is -3.93. The third kappa shape index (κ3) is 4.39. The minimum Gasteiger partial charge on any atom is -0.337 e. The maximum Gasteiger partial charge on any atom is 0.255 e. The number of para-hydroxylation sites is 1. The first-order valence-electron chi connectivity index (χ1n) is 10.5. The largest absolute Gasteiger partial charge is 0.337 e. The van der Waals surface area contributed by atoms with Crippen molar-refractivity contribution in [2.24, 2.45) is 0 Å². The second-order valence-electron chi connectivity index (χ2n) is 8.21. The van der Waals surface area contributed by atoms with E-state index < -0.39 is 11.4 Å². The lowest BCUT2D eigenvalue weighted by Crippen LogP contribution is -2.53. The summed E-state index contributed by atoms with van der Waals surface area (Å²) in [4.78, 5) is 39.0. The van der Waals surface area contributed by atoms with Crippen LogP contribution in [0.3, 0.4) is 0 Å². The van der Waals surface area contributed by atoms with Crippen molar-refractivity contribution >= 4 is 29.1 Å². The van der Waals surface area contributed by atoms with Gasteiger partial charge in [-0.1, -0.05) is 65.7 Å². The van der Waals surface area contributed by atoms with Crippen molar-refractivity contribution in [3.8, 4) is 0 Å². The molecule has 4 rings (SSSR count). The minimum atomic E-state index is -1.48. The highest BCUT2D eigenvalue weighted by Gasteiger charge is 2.49.